The fraction of sp³-hybridized carbons (Fsp3) is 0.125. The second kappa shape index (κ2) is 4.81. The number of carbonyl (C=O) groups excluding carboxylic acids is 1. The van der Waals surface area contributed by atoms with Crippen LogP contribution < -0.4 is 0 Å². The number of nitrogens with zero attached hydrogens (tertiary/aromatic N) is 2. The summed E-state index contributed by atoms with van der Waals surface area (Å²) in [4.78, 5) is 15.9. The van der Waals surface area contributed by atoms with E-state index in [1.807, 2.05) is 36.4 Å². The second-order valence-electron chi connectivity index (χ2n) is 4.62. The van der Waals surface area contributed by atoms with Crippen molar-refractivity contribution in [1.29, 1.82) is 0 Å². The molecular formula is C16H14N2O2. The summed E-state index contributed by atoms with van der Waals surface area (Å²) in [6, 6.07) is 7.92. The fourth-order valence-corrected chi connectivity index (χ4v) is 2.50. The highest BCUT2D eigenvalue weighted by Gasteiger charge is 2.25. The highest BCUT2D eigenvalue weighted by Crippen LogP contribution is 2.34. The van der Waals surface area contributed by atoms with Crippen molar-refractivity contribution in [2.75, 3.05) is 7.11 Å². The van der Waals surface area contributed by atoms with E-state index >= 15 is 0 Å². The van der Waals surface area contributed by atoms with Crippen molar-refractivity contribution in [2.45, 2.75) is 6.04 Å². The first-order valence-corrected chi connectivity index (χ1v) is 6.28. The van der Waals surface area contributed by atoms with E-state index in [1.165, 1.54) is 13.3 Å². The summed E-state index contributed by atoms with van der Waals surface area (Å²) in [5, 5.41) is 0. The number of fused-ring (bicyclic) bond motifs is 1. The van der Waals surface area contributed by atoms with Gasteiger partial charge in [0.1, 0.15) is 5.69 Å². The van der Waals surface area contributed by atoms with Gasteiger partial charge in [0, 0.05) is 0 Å². The number of hydrogen-bond acceptors (Lipinski definition) is 3. The molecule has 20 heavy (non-hydrogen) atoms. The smallest absolute Gasteiger partial charge is 0.356 e. The molecule has 0 unspecified atom stereocenters. The molecule has 1 aromatic heterocycles. The van der Waals surface area contributed by atoms with Crippen LogP contribution in [0.2, 0.25) is 0 Å². The van der Waals surface area contributed by atoms with Crippen LogP contribution >= 0.6 is 0 Å². The summed E-state index contributed by atoms with van der Waals surface area (Å²) in [6.07, 6.45) is 7.15. The molecule has 0 saturated carbocycles. The van der Waals surface area contributed by atoms with Gasteiger partial charge in [-0.25, -0.2) is 9.78 Å². The number of imidazole rings is 1. The maximum atomic E-state index is 11.8. The molecular weight excluding hydrogens is 252 g/mol. The maximum Gasteiger partial charge on any atom is 0.356 e. The molecule has 0 bridgehead atoms. The normalized spacial score (nSPS) is 16.9. The molecule has 0 amide bonds. The number of rotatable bonds is 2. The van der Waals surface area contributed by atoms with Gasteiger partial charge in [0.05, 0.1) is 25.7 Å². The Morgan fingerprint density at radius 2 is 2.15 bits per heavy atom. The van der Waals surface area contributed by atoms with Crippen molar-refractivity contribution in [3.63, 3.8) is 0 Å². The van der Waals surface area contributed by atoms with E-state index in [0.717, 1.165) is 16.7 Å². The fourth-order valence-electron chi connectivity index (χ4n) is 2.50. The maximum absolute atomic E-state index is 11.8. The molecule has 0 N–H and O–H groups in total. The number of ether oxygens (including phenoxy) is 1. The van der Waals surface area contributed by atoms with Crippen LogP contribution in [0, 0.1) is 0 Å². The van der Waals surface area contributed by atoms with Crippen LogP contribution in [-0.2, 0) is 4.74 Å². The lowest BCUT2D eigenvalue weighted by molar-refractivity contribution is 0.0588. The van der Waals surface area contributed by atoms with Gasteiger partial charge in [0.15, 0.2) is 0 Å². The number of allylic oxidation sites excluding steroid dienone is 2. The van der Waals surface area contributed by atoms with Gasteiger partial charge in [0.2, 0.25) is 0 Å². The minimum Gasteiger partial charge on any atom is -0.464 e. The van der Waals surface area contributed by atoms with Gasteiger partial charge in [-0.15, -0.1) is 0 Å². The molecule has 1 atom stereocenters. The molecule has 4 nitrogen and oxygen atoms in total. The van der Waals surface area contributed by atoms with Gasteiger partial charge < -0.3 is 9.30 Å². The quantitative estimate of drug-likeness (QED) is 0.785. The van der Waals surface area contributed by atoms with Gasteiger partial charge in [-0.2, -0.15) is 0 Å². The molecule has 1 aromatic carbocycles. The Labute approximate surface area is 117 Å². The summed E-state index contributed by atoms with van der Waals surface area (Å²) in [5.41, 5.74) is 3.55. The van der Waals surface area contributed by atoms with Crippen LogP contribution in [0.5, 0.6) is 0 Å². The van der Waals surface area contributed by atoms with Crippen LogP contribution in [0.15, 0.2) is 55.0 Å². The molecule has 2 aromatic rings. The van der Waals surface area contributed by atoms with E-state index in [0.29, 0.717) is 5.69 Å². The number of methoxy groups -OCH3 is 1. The Morgan fingerprint density at radius 3 is 2.95 bits per heavy atom. The van der Waals surface area contributed by atoms with E-state index in [9.17, 15) is 4.79 Å². The molecule has 4 heteroatoms. The third-order valence-corrected chi connectivity index (χ3v) is 3.46. The summed E-state index contributed by atoms with van der Waals surface area (Å²) < 4.78 is 6.60. The Bertz CT molecular complexity index is 713. The lowest BCUT2D eigenvalue weighted by Gasteiger charge is -2.26. The van der Waals surface area contributed by atoms with E-state index in [1.54, 1.807) is 10.9 Å². The summed E-state index contributed by atoms with van der Waals surface area (Å²) in [5.74, 6) is -0.401. The number of esters is 1. The lowest BCUT2D eigenvalue weighted by Crippen LogP contribution is -2.19. The van der Waals surface area contributed by atoms with Crippen molar-refractivity contribution in [3.05, 3.63) is 71.8 Å². The summed E-state index contributed by atoms with van der Waals surface area (Å²) >= 11 is 0. The zero-order chi connectivity index (χ0) is 14.1. The Kier molecular flexibility index (Phi) is 2.99. The summed E-state index contributed by atoms with van der Waals surface area (Å²) in [7, 11) is 1.36. The highest BCUT2D eigenvalue weighted by molar-refractivity contribution is 5.87. The van der Waals surface area contributed by atoms with Crippen LogP contribution in [-0.4, -0.2) is 22.6 Å². The van der Waals surface area contributed by atoms with Crippen LogP contribution in [0.3, 0.4) is 0 Å². The third kappa shape index (κ3) is 1.86. The first-order valence-electron chi connectivity index (χ1n) is 6.28. The van der Waals surface area contributed by atoms with E-state index in [4.69, 9.17) is 4.74 Å². The SMILES string of the molecule is C=C1C=Cc2ccccc2[C@H]1n1cncc1C(=O)OC. The molecule has 0 spiro atoms. The Hall–Kier alpha value is -2.62. The van der Waals surface area contributed by atoms with Crippen molar-refractivity contribution in [3.8, 4) is 0 Å². The standard InChI is InChI=1S/C16H14N2O2/c1-11-7-8-12-5-3-4-6-13(12)15(11)18-10-17-9-14(18)16(19)20-2/h3-10,15H,1H2,2H3/t15-/m0/s1. The average molecular weight is 266 g/mol. The van der Waals surface area contributed by atoms with Gasteiger partial charge in [0.25, 0.3) is 0 Å². The Morgan fingerprint density at radius 1 is 1.35 bits per heavy atom. The van der Waals surface area contributed by atoms with Crippen LogP contribution in [0.1, 0.15) is 27.7 Å². The van der Waals surface area contributed by atoms with E-state index in [-0.39, 0.29) is 6.04 Å². The van der Waals surface area contributed by atoms with Crippen molar-refractivity contribution >= 4 is 12.0 Å². The number of aromatic nitrogens is 2. The van der Waals surface area contributed by atoms with Crippen LogP contribution in [0.25, 0.3) is 6.08 Å². The van der Waals surface area contributed by atoms with E-state index < -0.39 is 5.97 Å². The average Bonchev–Trinajstić information content (AvgIpc) is 2.95. The van der Waals surface area contributed by atoms with Gasteiger partial charge in [-0.1, -0.05) is 43.0 Å². The first-order chi connectivity index (χ1) is 9.72. The monoisotopic (exact) mass is 266 g/mol. The predicted octanol–water partition coefficient (Wildman–Crippen LogP) is 2.84. The zero-order valence-corrected chi connectivity index (χ0v) is 11.1. The topological polar surface area (TPSA) is 44.1 Å². The Balaban J connectivity index is 2.15. The van der Waals surface area contributed by atoms with Gasteiger partial charge in [-0.05, 0) is 16.7 Å². The molecule has 100 valence electrons. The minimum absolute atomic E-state index is 0.132. The first kappa shape index (κ1) is 12.4. The van der Waals surface area contributed by atoms with Gasteiger partial charge in [-0.3, -0.25) is 0 Å². The molecule has 1 aliphatic rings. The van der Waals surface area contributed by atoms with E-state index in [2.05, 4.69) is 11.6 Å². The molecule has 1 heterocycles. The molecule has 3 rings (SSSR count). The lowest BCUT2D eigenvalue weighted by atomic mass is 9.89. The molecule has 0 fully saturated rings. The van der Waals surface area contributed by atoms with Crippen molar-refractivity contribution < 1.29 is 9.53 Å². The number of benzene rings is 1. The predicted molar refractivity (Wildman–Crippen MR) is 76.3 cm³/mol. The summed E-state index contributed by atoms with van der Waals surface area (Å²) in [6.45, 7) is 4.09. The molecule has 0 radical (unpaired) electrons. The van der Waals surface area contributed by atoms with Gasteiger partial charge >= 0.3 is 5.97 Å². The second-order valence-corrected chi connectivity index (χ2v) is 4.62. The molecule has 0 saturated heterocycles. The van der Waals surface area contributed by atoms with Crippen molar-refractivity contribution in [1.82, 2.24) is 9.55 Å². The largest absolute Gasteiger partial charge is 0.464 e. The minimum atomic E-state index is -0.401. The number of hydrogen-bond donors (Lipinski definition) is 0. The highest BCUT2D eigenvalue weighted by atomic mass is 16.5. The number of carbonyl (C=O) groups is 1. The molecule has 0 aliphatic heterocycles. The zero-order valence-electron chi connectivity index (χ0n) is 11.1. The van der Waals surface area contributed by atoms with Crippen molar-refractivity contribution in [2.24, 2.45) is 0 Å². The van der Waals surface area contributed by atoms with Crippen LogP contribution in [0.4, 0.5) is 0 Å². The molecule has 1 aliphatic carbocycles. The third-order valence-electron chi connectivity index (χ3n) is 3.46.